The Kier molecular flexibility index (Phi) is 4.02. The smallest absolute Gasteiger partial charge is 0.123 e. The second-order valence-electron chi connectivity index (χ2n) is 5.20. The van der Waals surface area contributed by atoms with Gasteiger partial charge in [0.15, 0.2) is 0 Å². The number of ether oxygens (including phenoxy) is 1. The average Bonchev–Trinajstić information content (AvgIpc) is 2.91. The van der Waals surface area contributed by atoms with Gasteiger partial charge in [0, 0.05) is 17.8 Å². The lowest BCUT2D eigenvalue weighted by Gasteiger charge is -2.15. The zero-order chi connectivity index (χ0) is 13.8. The third kappa shape index (κ3) is 2.70. The van der Waals surface area contributed by atoms with Gasteiger partial charge in [-0.15, -0.1) is 0 Å². The molecule has 3 rings (SSSR count). The fourth-order valence-corrected chi connectivity index (χ4v) is 2.79. The largest absolute Gasteiger partial charge is 0.491 e. The van der Waals surface area contributed by atoms with Crippen molar-refractivity contribution in [1.29, 1.82) is 0 Å². The Morgan fingerprint density at radius 2 is 2.05 bits per heavy atom. The van der Waals surface area contributed by atoms with E-state index in [0.29, 0.717) is 13.2 Å². The van der Waals surface area contributed by atoms with E-state index in [1.165, 1.54) is 24.2 Å². The van der Waals surface area contributed by atoms with Crippen LogP contribution in [0.1, 0.15) is 29.8 Å². The summed E-state index contributed by atoms with van der Waals surface area (Å²) in [5.41, 5.74) is 9.44. The first-order valence-electron chi connectivity index (χ1n) is 7.32. The third-order valence-corrected chi connectivity index (χ3v) is 3.89. The number of benzene rings is 1. The number of fused-ring (bicyclic) bond motifs is 1. The van der Waals surface area contributed by atoms with Gasteiger partial charge in [-0.05, 0) is 31.7 Å². The standard InChI is InChI=1S/C16H21N3O/c17-11-13-5-1-4-8-16(13)20-10-9-19-12-18-14-6-2-3-7-15(14)19/h1,4-5,8,12H,2-3,6-7,9-11,17H2. The van der Waals surface area contributed by atoms with Crippen molar-refractivity contribution in [3.8, 4) is 5.75 Å². The lowest BCUT2D eigenvalue weighted by Crippen LogP contribution is -2.13. The second-order valence-corrected chi connectivity index (χ2v) is 5.20. The van der Waals surface area contributed by atoms with Crippen molar-refractivity contribution in [2.45, 2.75) is 38.8 Å². The number of rotatable bonds is 5. The Morgan fingerprint density at radius 1 is 1.20 bits per heavy atom. The zero-order valence-electron chi connectivity index (χ0n) is 11.7. The molecule has 1 heterocycles. The van der Waals surface area contributed by atoms with Crippen molar-refractivity contribution in [1.82, 2.24) is 9.55 Å². The molecule has 20 heavy (non-hydrogen) atoms. The molecule has 0 fully saturated rings. The van der Waals surface area contributed by atoms with Crippen molar-refractivity contribution in [3.63, 3.8) is 0 Å². The van der Waals surface area contributed by atoms with Crippen LogP contribution < -0.4 is 10.5 Å². The van der Waals surface area contributed by atoms with Crippen molar-refractivity contribution in [3.05, 3.63) is 47.5 Å². The monoisotopic (exact) mass is 271 g/mol. The number of nitrogens with two attached hydrogens (primary N) is 1. The molecule has 0 bridgehead atoms. The molecule has 0 atom stereocenters. The molecular weight excluding hydrogens is 250 g/mol. The van der Waals surface area contributed by atoms with Crippen LogP contribution in [0.3, 0.4) is 0 Å². The van der Waals surface area contributed by atoms with Crippen molar-refractivity contribution >= 4 is 0 Å². The Balaban J connectivity index is 1.61. The number of imidazole rings is 1. The molecule has 0 radical (unpaired) electrons. The Bertz CT molecular complexity index is 577. The van der Waals surface area contributed by atoms with Gasteiger partial charge < -0.3 is 15.0 Å². The van der Waals surface area contributed by atoms with Crippen LogP contribution in [0.25, 0.3) is 0 Å². The molecule has 2 aromatic rings. The van der Waals surface area contributed by atoms with E-state index in [-0.39, 0.29) is 0 Å². The minimum Gasteiger partial charge on any atom is -0.491 e. The summed E-state index contributed by atoms with van der Waals surface area (Å²) in [6.07, 6.45) is 6.77. The van der Waals surface area contributed by atoms with E-state index in [1.54, 1.807) is 0 Å². The number of hydrogen-bond donors (Lipinski definition) is 1. The van der Waals surface area contributed by atoms with Crippen LogP contribution in [0.15, 0.2) is 30.6 Å². The molecule has 0 amide bonds. The fourth-order valence-electron chi connectivity index (χ4n) is 2.79. The molecule has 106 valence electrons. The van der Waals surface area contributed by atoms with Gasteiger partial charge in [-0.3, -0.25) is 0 Å². The molecule has 0 unspecified atom stereocenters. The summed E-state index contributed by atoms with van der Waals surface area (Å²) < 4.78 is 8.10. The molecule has 1 aliphatic carbocycles. The third-order valence-electron chi connectivity index (χ3n) is 3.89. The molecule has 1 aromatic carbocycles. The van der Waals surface area contributed by atoms with Crippen LogP contribution in [0.2, 0.25) is 0 Å². The maximum Gasteiger partial charge on any atom is 0.123 e. The normalized spacial score (nSPS) is 14.1. The Morgan fingerprint density at radius 3 is 2.95 bits per heavy atom. The minimum atomic E-state index is 0.511. The highest BCUT2D eigenvalue weighted by Crippen LogP contribution is 2.20. The quantitative estimate of drug-likeness (QED) is 0.908. The van der Waals surface area contributed by atoms with Crippen LogP contribution in [-0.4, -0.2) is 16.2 Å². The first kappa shape index (κ1) is 13.2. The van der Waals surface area contributed by atoms with E-state index >= 15 is 0 Å². The summed E-state index contributed by atoms with van der Waals surface area (Å²) in [6, 6.07) is 7.95. The number of para-hydroxylation sites is 1. The van der Waals surface area contributed by atoms with E-state index in [2.05, 4.69) is 9.55 Å². The van der Waals surface area contributed by atoms with Crippen LogP contribution >= 0.6 is 0 Å². The SMILES string of the molecule is NCc1ccccc1OCCn1cnc2c1CCCC2. The first-order valence-corrected chi connectivity index (χ1v) is 7.32. The molecule has 0 saturated heterocycles. The van der Waals surface area contributed by atoms with E-state index < -0.39 is 0 Å². The molecule has 4 heteroatoms. The molecule has 1 aliphatic rings. The van der Waals surface area contributed by atoms with Gasteiger partial charge in [-0.2, -0.15) is 0 Å². The Hall–Kier alpha value is -1.81. The topological polar surface area (TPSA) is 53.1 Å². The highest BCUT2D eigenvalue weighted by atomic mass is 16.5. The summed E-state index contributed by atoms with van der Waals surface area (Å²) in [7, 11) is 0. The minimum absolute atomic E-state index is 0.511. The zero-order valence-corrected chi connectivity index (χ0v) is 11.7. The molecular formula is C16H21N3O. The van der Waals surface area contributed by atoms with Crippen molar-refractivity contribution in [2.75, 3.05) is 6.61 Å². The molecule has 1 aromatic heterocycles. The highest BCUT2D eigenvalue weighted by Gasteiger charge is 2.14. The van der Waals surface area contributed by atoms with Crippen molar-refractivity contribution in [2.24, 2.45) is 5.73 Å². The predicted octanol–water partition coefficient (Wildman–Crippen LogP) is 2.30. The summed E-state index contributed by atoms with van der Waals surface area (Å²) >= 11 is 0. The van der Waals surface area contributed by atoms with Crippen LogP contribution in [0, 0.1) is 0 Å². The van der Waals surface area contributed by atoms with Gasteiger partial charge in [0.25, 0.3) is 0 Å². The summed E-state index contributed by atoms with van der Waals surface area (Å²) in [5.74, 6) is 0.893. The van der Waals surface area contributed by atoms with Gasteiger partial charge >= 0.3 is 0 Å². The van der Waals surface area contributed by atoms with Crippen LogP contribution in [-0.2, 0) is 25.9 Å². The van der Waals surface area contributed by atoms with Gasteiger partial charge in [0.2, 0.25) is 0 Å². The molecule has 0 saturated carbocycles. The summed E-state index contributed by atoms with van der Waals surface area (Å²) in [4.78, 5) is 4.50. The maximum atomic E-state index is 5.86. The van der Waals surface area contributed by atoms with Crippen molar-refractivity contribution < 1.29 is 4.74 Å². The summed E-state index contributed by atoms with van der Waals surface area (Å²) in [5, 5.41) is 0. The van der Waals surface area contributed by atoms with E-state index in [1.807, 2.05) is 30.6 Å². The molecule has 0 spiro atoms. The molecule has 0 aliphatic heterocycles. The van der Waals surface area contributed by atoms with Crippen LogP contribution in [0.5, 0.6) is 5.75 Å². The maximum absolute atomic E-state index is 5.86. The predicted molar refractivity (Wildman–Crippen MR) is 78.7 cm³/mol. The average molecular weight is 271 g/mol. The van der Waals surface area contributed by atoms with Gasteiger partial charge in [0.1, 0.15) is 12.4 Å². The van der Waals surface area contributed by atoms with E-state index in [0.717, 1.165) is 30.7 Å². The lowest BCUT2D eigenvalue weighted by molar-refractivity contribution is 0.293. The van der Waals surface area contributed by atoms with Gasteiger partial charge in [-0.25, -0.2) is 4.98 Å². The number of nitrogens with zero attached hydrogens (tertiary/aromatic N) is 2. The second kappa shape index (κ2) is 6.09. The molecule has 2 N–H and O–H groups in total. The van der Waals surface area contributed by atoms with Crippen LogP contribution in [0.4, 0.5) is 0 Å². The fraction of sp³-hybridized carbons (Fsp3) is 0.438. The summed E-state index contributed by atoms with van der Waals surface area (Å²) in [6.45, 7) is 2.01. The first-order chi connectivity index (χ1) is 9.88. The number of hydrogen-bond acceptors (Lipinski definition) is 3. The highest BCUT2D eigenvalue weighted by molar-refractivity contribution is 5.32. The lowest BCUT2D eigenvalue weighted by atomic mass is 10.0. The van der Waals surface area contributed by atoms with Gasteiger partial charge in [0.05, 0.1) is 18.6 Å². The van der Waals surface area contributed by atoms with E-state index in [4.69, 9.17) is 10.5 Å². The number of aromatic nitrogens is 2. The molecule has 4 nitrogen and oxygen atoms in total. The van der Waals surface area contributed by atoms with E-state index in [9.17, 15) is 0 Å². The Labute approximate surface area is 119 Å². The number of aryl methyl sites for hydroxylation is 1. The van der Waals surface area contributed by atoms with Gasteiger partial charge in [-0.1, -0.05) is 18.2 Å².